The number of tetrazole rings is 1. The van der Waals surface area contributed by atoms with E-state index in [1.54, 1.807) is 4.68 Å². The number of nitrogens with zero attached hydrogens (tertiary/aromatic N) is 6. The summed E-state index contributed by atoms with van der Waals surface area (Å²) < 4.78 is 9.00. The predicted octanol–water partition coefficient (Wildman–Crippen LogP) is 3.39. The lowest BCUT2D eigenvalue weighted by Crippen LogP contribution is -2.09. The van der Waals surface area contributed by atoms with Crippen molar-refractivity contribution in [2.45, 2.75) is 33.9 Å². The van der Waals surface area contributed by atoms with Gasteiger partial charge in [0.1, 0.15) is 9.71 Å². The molecule has 0 spiro atoms. The molecule has 0 saturated heterocycles. The Morgan fingerprint density at radius 1 is 1.25 bits per heavy atom. The summed E-state index contributed by atoms with van der Waals surface area (Å²) in [6.45, 7) is 7.04. The highest BCUT2D eigenvalue weighted by molar-refractivity contribution is 7.20. The van der Waals surface area contributed by atoms with Gasteiger partial charge in [0.15, 0.2) is 12.4 Å². The van der Waals surface area contributed by atoms with Crippen molar-refractivity contribution in [1.29, 1.82) is 0 Å². The summed E-state index contributed by atoms with van der Waals surface area (Å²) in [4.78, 5) is 14.1. The van der Waals surface area contributed by atoms with Crippen LogP contribution in [-0.2, 0) is 17.9 Å². The lowest BCUT2D eigenvalue weighted by atomic mass is 10.2. The van der Waals surface area contributed by atoms with Crippen molar-refractivity contribution in [2.75, 3.05) is 0 Å². The predicted molar refractivity (Wildman–Crippen MR) is 105 cm³/mol. The summed E-state index contributed by atoms with van der Waals surface area (Å²) in [7, 11) is 0. The van der Waals surface area contributed by atoms with Gasteiger partial charge in [-0.05, 0) is 41.5 Å². The number of hydrogen-bond donors (Lipinski definition) is 0. The normalized spacial score (nSPS) is 11.4. The second kappa shape index (κ2) is 7.51. The Kier molecular flexibility index (Phi) is 4.91. The van der Waals surface area contributed by atoms with E-state index in [9.17, 15) is 4.79 Å². The molecule has 3 heterocycles. The van der Waals surface area contributed by atoms with Crippen molar-refractivity contribution in [3.05, 3.63) is 52.8 Å². The first kappa shape index (κ1) is 18.3. The number of fused-ring (bicyclic) bond motifs is 1. The summed E-state index contributed by atoms with van der Waals surface area (Å²) >= 11 is 1.40. The van der Waals surface area contributed by atoms with E-state index in [2.05, 4.69) is 34.5 Å². The van der Waals surface area contributed by atoms with E-state index in [0.29, 0.717) is 16.6 Å². The van der Waals surface area contributed by atoms with Crippen LogP contribution >= 0.6 is 11.3 Å². The molecule has 9 heteroatoms. The van der Waals surface area contributed by atoms with Crippen LogP contribution < -0.4 is 0 Å². The molecule has 0 amide bonds. The van der Waals surface area contributed by atoms with Gasteiger partial charge in [-0.3, -0.25) is 4.68 Å². The van der Waals surface area contributed by atoms with Gasteiger partial charge in [-0.15, -0.1) is 16.4 Å². The largest absolute Gasteiger partial charge is 0.453 e. The van der Waals surface area contributed by atoms with Crippen LogP contribution in [0.15, 0.2) is 36.4 Å². The summed E-state index contributed by atoms with van der Waals surface area (Å²) in [6.07, 6.45) is 0. The zero-order valence-corrected chi connectivity index (χ0v) is 16.7. The molecule has 28 heavy (non-hydrogen) atoms. The molecular formula is C19H20N6O2S. The molecule has 0 saturated carbocycles. The van der Waals surface area contributed by atoms with E-state index < -0.39 is 0 Å². The standard InChI is InChI=1S/C19H20N6O2S/c1-12(2)10-24-18-15(13(3)21-24)9-16(28-18)19(26)27-11-17-20-22-23-25(17)14-7-5-4-6-8-14/h4-9,12H,10-11H2,1-3H3. The molecule has 4 rings (SSSR count). The Morgan fingerprint density at radius 3 is 2.79 bits per heavy atom. The molecular weight excluding hydrogens is 376 g/mol. The fourth-order valence-corrected chi connectivity index (χ4v) is 4.01. The van der Waals surface area contributed by atoms with Gasteiger partial charge in [0.2, 0.25) is 0 Å². The van der Waals surface area contributed by atoms with Gasteiger partial charge < -0.3 is 4.74 Å². The maximum Gasteiger partial charge on any atom is 0.348 e. The van der Waals surface area contributed by atoms with Crippen LogP contribution in [0.1, 0.15) is 35.0 Å². The molecule has 0 aliphatic rings. The highest BCUT2D eigenvalue weighted by Gasteiger charge is 2.19. The Morgan fingerprint density at radius 2 is 2.04 bits per heavy atom. The molecule has 0 N–H and O–H groups in total. The average molecular weight is 396 g/mol. The van der Waals surface area contributed by atoms with Gasteiger partial charge in [-0.25, -0.2) is 4.79 Å². The molecule has 0 aliphatic heterocycles. The lowest BCUT2D eigenvalue weighted by molar-refractivity contribution is 0.0465. The van der Waals surface area contributed by atoms with E-state index in [1.807, 2.05) is 48.0 Å². The quantitative estimate of drug-likeness (QED) is 0.464. The number of aromatic nitrogens is 6. The van der Waals surface area contributed by atoms with Gasteiger partial charge in [-0.2, -0.15) is 9.78 Å². The van der Waals surface area contributed by atoms with Crippen LogP contribution in [0.25, 0.3) is 15.9 Å². The number of carbonyl (C=O) groups is 1. The monoisotopic (exact) mass is 396 g/mol. The molecule has 0 fully saturated rings. The van der Waals surface area contributed by atoms with Crippen LogP contribution in [-0.4, -0.2) is 36.0 Å². The summed E-state index contributed by atoms with van der Waals surface area (Å²) in [6, 6.07) is 11.3. The minimum Gasteiger partial charge on any atom is -0.453 e. The van der Waals surface area contributed by atoms with Crippen LogP contribution in [0.2, 0.25) is 0 Å². The van der Waals surface area contributed by atoms with Gasteiger partial charge in [0, 0.05) is 11.9 Å². The van der Waals surface area contributed by atoms with Gasteiger partial charge in [0.25, 0.3) is 0 Å². The smallest absolute Gasteiger partial charge is 0.348 e. The first-order chi connectivity index (χ1) is 13.5. The third kappa shape index (κ3) is 3.53. The van der Waals surface area contributed by atoms with Crippen molar-refractivity contribution in [3.63, 3.8) is 0 Å². The van der Waals surface area contributed by atoms with E-state index in [4.69, 9.17) is 4.74 Å². The highest BCUT2D eigenvalue weighted by Crippen LogP contribution is 2.29. The number of carbonyl (C=O) groups excluding carboxylic acids is 1. The van der Waals surface area contributed by atoms with Gasteiger partial charge >= 0.3 is 5.97 Å². The molecule has 8 nitrogen and oxygen atoms in total. The van der Waals surface area contributed by atoms with Gasteiger partial charge in [-0.1, -0.05) is 32.0 Å². The lowest BCUT2D eigenvalue weighted by Gasteiger charge is -2.06. The van der Waals surface area contributed by atoms with Crippen molar-refractivity contribution in [3.8, 4) is 5.69 Å². The first-order valence-corrected chi connectivity index (χ1v) is 9.81. The number of aryl methyl sites for hydroxylation is 1. The Bertz CT molecular complexity index is 1110. The molecule has 4 aromatic rings. The zero-order valence-electron chi connectivity index (χ0n) is 15.9. The average Bonchev–Trinajstić information content (AvgIpc) is 3.38. The SMILES string of the molecule is Cc1nn(CC(C)C)c2sc(C(=O)OCc3nnnn3-c3ccccc3)cc12. The number of ether oxygens (including phenoxy) is 1. The van der Waals surface area contributed by atoms with Crippen LogP contribution in [0.5, 0.6) is 0 Å². The maximum absolute atomic E-state index is 12.6. The van der Waals surface area contributed by atoms with Crippen LogP contribution in [0.3, 0.4) is 0 Å². The number of hydrogen-bond acceptors (Lipinski definition) is 7. The summed E-state index contributed by atoms with van der Waals surface area (Å²) in [5, 5.41) is 17.2. The minimum absolute atomic E-state index is 0.00786. The third-order valence-corrected chi connectivity index (χ3v) is 5.34. The second-order valence-electron chi connectivity index (χ2n) is 6.91. The topological polar surface area (TPSA) is 87.7 Å². The van der Waals surface area contributed by atoms with E-state index in [0.717, 1.165) is 28.1 Å². The second-order valence-corrected chi connectivity index (χ2v) is 7.94. The Hall–Kier alpha value is -3.07. The van der Waals surface area contributed by atoms with Gasteiger partial charge in [0.05, 0.1) is 11.4 Å². The molecule has 0 aliphatic carbocycles. The van der Waals surface area contributed by atoms with Crippen molar-refractivity contribution in [2.24, 2.45) is 5.92 Å². The molecule has 3 aromatic heterocycles. The molecule has 144 valence electrons. The molecule has 0 bridgehead atoms. The van der Waals surface area contributed by atoms with Crippen LogP contribution in [0.4, 0.5) is 0 Å². The number of rotatable bonds is 6. The fraction of sp³-hybridized carbons (Fsp3) is 0.316. The summed E-state index contributed by atoms with van der Waals surface area (Å²) in [5.74, 6) is 0.541. The number of para-hydroxylation sites is 1. The maximum atomic E-state index is 12.6. The Balaban J connectivity index is 1.52. The van der Waals surface area contributed by atoms with Crippen molar-refractivity contribution >= 4 is 27.5 Å². The van der Waals surface area contributed by atoms with Crippen molar-refractivity contribution in [1.82, 2.24) is 30.0 Å². The first-order valence-electron chi connectivity index (χ1n) is 8.99. The minimum atomic E-state index is -0.390. The Labute approximate surface area is 165 Å². The fourth-order valence-electron chi connectivity index (χ4n) is 2.95. The number of benzene rings is 1. The molecule has 0 radical (unpaired) electrons. The molecule has 1 aromatic carbocycles. The van der Waals surface area contributed by atoms with Crippen molar-refractivity contribution < 1.29 is 9.53 Å². The number of esters is 1. The molecule has 0 unspecified atom stereocenters. The van der Waals surface area contributed by atoms with E-state index in [-0.39, 0.29) is 12.6 Å². The molecule has 0 atom stereocenters. The zero-order chi connectivity index (χ0) is 19.7. The summed E-state index contributed by atoms with van der Waals surface area (Å²) in [5.41, 5.74) is 1.73. The number of thiophene rings is 1. The van der Waals surface area contributed by atoms with E-state index in [1.165, 1.54) is 11.3 Å². The highest BCUT2D eigenvalue weighted by atomic mass is 32.1. The van der Waals surface area contributed by atoms with E-state index >= 15 is 0 Å². The van der Waals surface area contributed by atoms with Crippen LogP contribution in [0, 0.1) is 12.8 Å². The third-order valence-electron chi connectivity index (χ3n) is 4.21.